The monoisotopic (exact) mass is 414 g/mol. The van der Waals surface area contributed by atoms with Crippen molar-refractivity contribution in [2.45, 2.75) is 32.4 Å². The van der Waals surface area contributed by atoms with Crippen LogP contribution in [-0.2, 0) is 6.54 Å². The first-order valence-electron chi connectivity index (χ1n) is 10.9. The third-order valence-corrected chi connectivity index (χ3v) is 5.98. The van der Waals surface area contributed by atoms with Crippen LogP contribution in [0.3, 0.4) is 0 Å². The second-order valence-corrected chi connectivity index (χ2v) is 8.24. The first-order valence-corrected chi connectivity index (χ1v) is 10.9. The quantitative estimate of drug-likeness (QED) is 0.548. The molecule has 0 aliphatic carbocycles. The number of amides is 1. The zero-order valence-corrected chi connectivity index (χ0v) is 18.3. The fourth-order valence-electron chi connectivity index (χ4n) is 4.36. The van der Waals surface area contributed by atoms with Gasteiger partial charge in [-0.3, -0.25) is 9.69 Å². The van der Waals surface area contributed by atoms with E-state index in [0.717, 1.165) is 49.5 Å². The number of ether oxygens (including phenoxy) is 1. The summed E-state index contributed by atoms with van der Waals surface area (Å²) in [5.41, 5.74) is 4.15. The Labute approximate surface area is 185 Å². The SMILES string of the molecule is COc1cccc(CN2CCC(N(C(=O)c3ccccc3)c3cccc(C)c3)CC2)c1. The van der Waals surface area contributed by atoms with E-state index in [-0.39, 0.29) is 11.9 Å². The molecular weight excluding hydrogens is 384 g/mol. The smallest absolute Gasteiger partial charge is 0.258 e. The molecule has 1 amide bonds. The maximum absolute atomic E-state index is 13.5. The number of aryl methyl sites for hydroxylation is 1. The van der Waals surface area contributed by atoms with Gasteiger partial charge in [-0.05, 0) is 67.3 Å². The lowest BCUT2D eigenvalue weighted by atomic mass is 9.99. The average molecular weight is 415 g/mol. The minimum Gasteiger partial charge on any atom is -0.497 e. The zero-order valence-electron chi connectivity index (χ0n) is 18.3. The van der Waals surface area contributed by atoms with Crippen LogP contribution >= 0.6 is 0 Å². The Morgan fingerprint density at radius 1 is 0.968 bits per heavy atom. The van der Waals surface area contributed by atoms with Gasteiger partial charge < -0.3 is 9.64 Å². The van der Waals surface area contributed by atoms with Gasteiger partial charge in [0.05, 0.1) is 7.11 Å². The largest absolute Gasteiger partial charge is 0.497 e. The van der Waals surface area contributed by atoms with E-state index in [9.17, 15) is 4.79 Å². The van der Waals surface area contributed by atoms with Gasteiger partial charge in [0.25, 0.3) is 5.91 Å². The van der Waals surface area contributed by atoms with Gasteiger partial charge >= 0.3 is 0 Å². The van der Waals surface area contributed by atoms with Crippen molar-refractivity contribution >= 4 is 11.6 Å². The van der Waals surface area contributed by atoms with Crippen LogP contribution in [0.25, 0.3) is 0 Å². The van der Waals surface area contributed by atoms with Crippen LogP contribution in [0.1, 0.15) is 34.3 Å². The van der Waals surface area contributed by atoms with E-state index in [0.29, 0.717) is 0 Å². The van der Waals surface area contributed by atoms with Crippen LogP contribution in [0.2, 0.25) is 0 Å². The van der Waals surface area contributed by atoms with Crippen molar-refractivity contribution in [1.29, 1.82) is 0 Å². The molecule has 3 aromatic rings. The number of likely N-dealkylation sites (tertiary alicyclic amines) is 1. The van der Waals surface area contributed by atoms with Crippen LogP contribution < -0.4 is 9.64 Å². The van der Waals surface area contributed by atoms with Crippen molar-refractivity contribution in [2.24, 2.45) is 0 Å². The highest BCUT2D eigenvalue weighted by Crippen LogP contribution is 2.27. The highest BCUT2D eigenvalue weighted by Gasteiger charge is 2.30. The summed E-state index contributed by atoms with van der Waals surface area (Å²) in [6.45, 7) is 4.91. The molecule has 1 saturated heterocycles. The first-order chi connectivity index (χ1) is 15.1. The molecule has 0 saturated carbocycles. The molecule has 4 rings (SSSR count). The second kappa shape index (κ2) is 9.80. The van der Waals surface area contributed by atoms with Gasteiger partial charge in [-0.15, -0.1) is 0 Å². The Kier molecular flexibility index (Phi) is 6.68. The first kappa shape index (κ1) is 21.1. The number of benzene rings is 3. The van der Waals surface area contributed by atoms with Gasteiger partial charge in [-0.1, -0.05) is 42.5 Å². The van der Waals surface area contributed by atoms with Crippen LogP contribution in [-0.4, -0.2) is 37.0 Å². The molecule has 0 radical (unpaired) electrons. The second-order valence-electron chi connectivity index (χ2n) is 8.24. The number of methoxy groups -OCH3 is 1. The van der Waals surface area contributed by atoms with Gasteiger partial charge in [-0.2, -0.15) is 0 Å². The Balaban J connectivity index is 1.50. The number of anilines is 1. The highest BCUT2D eigenvalue weighted by molar-refractivity contribution is 6.06. The number of nitrogens with zero attached hydrogens (tertiary/aromatic N) is 2. The number of carbonyl (C=O) groups is 1. The minimum atomic E-state index is 0.0810. The molecule has 4 nitrogen and oxygen atoms in total. The molecule has 1 fully saturated rings. The van der Waals surface area contributed by atoms with Crippen molar-refractivity contribution < 1.29 is 9.53 Å². The molecular formula is C27H30N2O2. The Bertz CT molecular complexity index is 1010. The Morgan fingerprint density at radius 2 is 1.71 bits per heavy atom. The van der Waals surface area contributed by atoms with E-state index in [4.69, 9.17) is 4.74 Å². The molecule has 3 aromatic carbocycles. The topological polar surface area (TPSA) is 32.8 Å². The van der Waals surface area contributed by atoms with Gasteiger partial charge in [0.1, 0.15) is 5.75 Å². The van der Waals surface area contributed by atoms with Gasteiger partial charge in [0, 0.05) is 36.9 Å². The number of hydrogen-bond acceptors (Lipinski definition) is 3. The van der Waals surface area contributed by atoms with Crippen LogP contribution in [0, 0.1) is 6.92 Å². The fraction of sp³-hybridized carbons (Fsp3) is 0.296. The number of hydrogen-bond donors (Lipinski definition) is 0. The number of piperidine rings is 1. The highest BCUT2D eigenvalue weighted by atomic mass is 16.5. The van der Waals surface area contributed by atoms with Crippen molar-refractivity contribution in [3.05, 3.63) is 95.6 Å². The molecule has 31 heavy (non-hydrogen) atoms. The predicted molar refractivity (Wildman–Crippen MR) is 126 cm³/mol. The van der Waals surface area contributed by atoms with E-state index >= 15 is 0 Å². The number of rotatable bonds is 6. The summed E-state index contributed by atoms with van der Waals surface area (Å²) in [5, 5.41) is 0. The summed E-state index contributed by atoms with van der Waals surface area (Å²) in [6, 6.07) is 26.4. The van der Waals surface area contributed by atoms with E-state index in [1.165, 1.54) is 11.1 Å². The molecule has 1 heterocycles. The summed E-state index contributed by atoms with van der Waals surface area (Å²) >= 11 is 0. The lowest BCUT2D eigenvalue weighted by molar-refractivity contribution is 0.0958. The molecule has 0 bridgehead atoms. The van der Waals surface area contributed by atoms with E-state index in [1.54, 1.807) is 7.11 Å². The lowest BCUT2D eigenvalue weighted by Crippen LogP contribution is -2.47. The summed E-state index contributed by atoms with van der Waals surface area (Å²) < 4.78 is 5.36. The Hall–Kier alpha value is -3.11. The van der Waals surface area contributed by atoms with E-state index in [2.05, 4.69) is 42.2 Å². The maximum atomic E-state index is 13.5. The van der Waals surface area contributed by atoms with Gasteiger partial charge in [0.2, 0.25) is 0 Å². The predicted octanol–water partition coefficient (Wildman–Crippen LogP) is 5.32. The van der Waals surface area contributed by atoms with E-state index in [1.807, 2.05) is 53.4 Å². The minimum absolute atomic E-state index is 0.0810. The van der Waals surface area contributed by atoms with Crippen molar-refractivity contribution in [2.75, 3.05) is 25.1 Å². The van der Waals surface area contributed by atoms with Crippen LogP contribution in [0.4, 0.5) is 5.69 Å². The summed E-state index contributed by atoms with van der Waals surface area (Å²) in [4.78, 5) is 18.0. The third-order valence-electron chi connectivity index (χ3n) is 5.98. The molecule has 160 valence electrons. The zero-order chi connectivity index (χ0) is 21.6. The molecule has 1 aliphatic rings. The van der Waals surface area contributed by atoms with Crippen molar-refractivity contribution in [1.82, 2.24) is 4.90 Å². The fourth-order valence-corrected chi connectivity index (χ4v) is 4.36. The van der Waals surface area contributed by atoms with Crippen LogP contribution in [0.15, 0.2) is 78.9 Å². The normalized spacial score (nSPS) is 14.9. The molecule has 0 spiro atoms. The molecule has 0 N–H and O–H groups in total. The van der Waals surface area contributed by atoms with Gasteiger partial charge in [0.15, 0.2) is 0 Å². The molecule has 1 aliphatic heterocycles. The Morgan fingerprint density at radius 3 is 2.42 bits per heavy atom. The molecule has 4 heteroatoms. The molecule has 0 unspecified atom stereocenters. The standard InChI is InChI=1S/C27H30N2O2/c1-21-8-6-12-25(18-21)29(27(30)23-10-4-3-5-11-23)24-14-16-28(17-15-24)20-22-9-7-13-26(19-22)31-2/h3-13,18-19,24H,14-17,20H2,1-2H3. The summed E-state index contributed by atoms with van der Waals surface area (Å²) in [5.74, 6) is 0.976. The number of carbonyl (C=O) groups excluding carboxylic acids is 1. The van der Waals surface area contributed by atoms with Crippen molar-refractivity contribution in [3.63, 3.8) is 0 Å². The maximum Gasteiger partial charge on any atom is 0.258 e. The summed E-state index contributed by atoms with van der Waals surface area (Å²) in [7, 11) is 1.70. The van der Waals surface area contributed by atoms with E-state index < -0.39 is 0 Å². The average Bonchev–Trinajstić information content (AvgIpc) is 2.81. The van der Waals surface area contributed by atoms with Crippen molar-refractivity contribution in [3.8, 4) is 5.75 Å². The molecule has 0 atom stereocenters. The summed E-state index contributed by atoms with van der Waals surface area (Å²) in [6.07, 6.45) is 1.91. The van der Waals surface area contributed by atoms with Crippen LogP contribution in [0.5, 0.6) is 5.75 Å². The van der Waals surface area contributed by atoms with Gasteiger partial charge in [-0.25, -0.2) is 0 Å². The lowest BCUT2D eigenvalue weighted by Gasteiger charge is -2.39. The molecule has 0 aromatic heterocycles. The third kappa shape index (κ3) is 5.15.